The molecular weight excluding hydrogens is 331 g/mol. The SMILES string of the molecule is CC(=O)C1=C(O)/C(=C/c2c(F)c(F)c(F)c(F)c2F)SC1=O. The molecule has 0 atom stereocenters. The Morgan fingerprint density at radius 1 is 1.00 bits per heavy atom. The molecule has 0 aliphatic carbocycles. The quantitative estimate of drug-likeness (QED) is 0.389. The minimum absolute atomic E-state index is 0.244. The van der Waals surface area contributed by atoms with Crippen LogP contribution in [0.1, 0.15) is 12.5 Å². The van der Waals surface area contributed by atoms with Crippen molar-refractivity contribution in [2.75, 3.05) is 0 Å². The number of hydrogen-bond donors (Lipinski definition) is 1. The van der Waals surface area contributed by atoms with Crippen LogP contribution < -0.4 is 0 Å². The molecule has 0 aromatic heterocycles. The molecular formula is C13H5F5O3S. The first-order valence-corrected chi connectivity index (χ1v) is 6.38. The van der Waals surface area contributed by atoms with Crippen molar-refractivity contribution in [3.63, 3.8) is 0 Å². The Morgan fingerprint density at radius 3 is 1.86 bits per heavy atom. The third-order valence-electron chi connectivity index (χ3n) is 2.75. The Labute approximate surface area is 124 Å². The third-order valence-corrected chi connectivity index (χ3v) is 3.67. The summed E-state index contributed by atoms with van der Waals surface area (Å²) >= 11 is 0.244. The van der Waals surface area contributed by atoms with Crippen LogP contribution in [0, 0.1) is 29.1 Å². The van der Waals surface area contributed by atoms with Crippen LogP contribution in [-0.2, 0) is 9.59 Å². The predicted octanol–water partition coefficient (Wildman–Crippen LogP) is 3.40. The molecule has 0 unspecified atom stereocenters. The highest BCUT2D eigenvalue weighted by molar-refractivity contribution is 8.18. The summed E-state index contributed by atoms with van der Waals surface area (Å²) in [6, 6.07) is 0. The van der Waals surface area contributed by atoms with Gasteiger partial charge in [-0.15, -0.1) is 0 Å². The van der Waals surface area contributed by atoms with E-state index in [9.17, 15) is 36.6 Å². The molecule has 1 heterocycles. The van der Waals surface area contributed by atoms with Gasteiger partial charge in [-0.25, -0.2) is 22.0 Å². The zero-order valence-electron chi connectivity index (χ0n) is 10.6. The van der Waals surface area contributed by atoms with Crippen LogP contribution in [0.15, 0.2) is 16.2 Å². The summed E-state index contributed by atoms with van der Waals surface area (Å²) in [4.78, 5) is 22.1. The van der Waals surface area contributed by atoms with E-state index in [2.05, 4.69) is 0 Å². The second-order valence-corrected chi connectivity index (χ2v) is 5.18. The lowest BCUT2D eigenvalue weighted by Crippen LogP contribution is -2.04. The summed E-state index contributed by atoms with van der Waals surface area (Å²) in [5.41, 5.74) is -1.93. The van der Waals surface area contributed by atoms with Gasteiger partial charge < -0.3 is 5.11 Å². The Balaban J connectivity index is 2.66. The first-order chi connectivity index (χ1) is 10.2. The Morgan fingerprint density at radius 2 is 1.45 bits per heavy atom. The molecule has 2 rings (SSSR count). The second-order valence-electron chi connectivity index (χ2n) is 4.16. The summed E-state index contributed by atoms with van der Waals surface area (Å²) in [5.74, 6) is -12.5. The number of rotatable bonds is 2. The van der Waals surface area contributed by atoms with E-state index in [0.717, 1.165) is 6.92 Å². The number of ketones is 1. The van der Waals surface area contributed by atoms with Crippen molar-refractivity contribution in [2.45, 2.75) is 6.92 Å². The lowest BCUT2D eigenvalue weighted by molar-refractivity contribution is -0.116. The van der Waals surface area contributed by atoms with Crippen molar-refractivity contribution in [3.8, 4) is 0 Å². The largest absolute Gasteiger partial charge is 0.506 e. The maximum Gasteiger partial charge on any atom is 0.231 e. The van der Waals surface area contributed by atoms with Gasteiger partial charge in [0.25, 0.3) is 0 Å². The molecule has 1 aromatic rings. The fraction of sp³-hybridized carbons (Fsp3) is 0.0769. The van der Waals surface area contributed by atoms with Crippen molar-refractivity contribution in [1.82, 2.24) is 0 Å². The van der Waals surface area contributed by atoms with Gasteiger partial charge in [0.05, 0.1) is 10.5 Å². The van der Waals surface area contributed by atoms with Gasteiger partial charge in [-0.05, 0) is 24.8 Å². The third kappa shape index (κ3) is 2.41. The number of carbonyl (C=O) groups is 2. The number of Topliss-reactive ketones (excluding diaryl/α,β-unsaturated/α-hetero) is 1. The van der Waals surface area contributed by atoms with Crippen LogP contribution in [0.2, 0.25) is 0 Å². The highest BCUT2D eigenvalue weighted by Gasteiger charge is 2.33. The zero-order valence-corrected chi connectivity index (χ0v) is 11.5. The van der Waals surface area contributed by atoms with E-state index in [0.29, 0.717) is 6.08 Å². The Kier molecular flexibility index (Phi) is 4.10. The molecule has 1 aromatic carbocycles. The van der Waals surface area contributed by atoms with Gasteiger partial charge in [0.15, 0.2) is 29.1 Å². The van der Waals surface area contributed by atoms with Gasteiger partial charge >= 0.3 is 0 Å². The molecule has 1 aliphatic rings. The normalized spacial score (nSPS) is 16.8. The van der Waals surface area contributed by atoms with Gasteiger partial charge in [-0.3, -0.25) is 9.59 Å². The van der Waals surface area contributed by atoms with Crippen LogP contribution in [0.4, 0.5) is 22.0 Å². The van der Waals surface area contributed by atoms with Gasteiger partial charge in [0.1, 0.15) is 11.3 Å². The van der Waals surface area contributed by atoms with E-state index in [-0.39, 0.29) is 11.8 Å². The summed E-state index contributed by atoms with van der Waals surface area (Å²) in [6.45, 7) is 0.978. The van der Waals surface area contributed by atoms with Crippen LogP contribution in [-0.4, -0.2) is 16.0 Å². The van der Waals surface area contributed by atoms with Gasteiger partial charge in [0, 0.05) is 0 Å². The van der Waals surface area contributed by atoms with Crippen LogP contribution in [0.3, 0.4) is 0 Å². The first kappa shape index (κ1) is 16.2. The fourth-order valence-corrected chi connectivity index (χ4v) is 2.62. The molecule has 0 amide bonds. The summed E-state index contributed by atoms with van der Waals surface area (Å²) in [6.07, 6.45) is 0.421. The molecule has 116 valence electrons. The maximum absolute atomic E-state index is 13.5. The number of benzene rings is 1. The summed E-state index contributed by atoms with van der Waals surface area (Å²) in [7, 11) is 0. The fourth-order valence-electron chi connectivity index (χ4n) is 1.71. The van der Waals surface area contributed by atoms with Gasteiger partial charge in [0.2, 0.25) is 10.9 Å². The minimum atomic E-state index is -2.32. The molecule has 0 saturated heterocycles. The first-order valence-electron chi connectivity index (χ1n) is 5.56. The van der Waals surface area contributed by atoms with Crippen molar-refractivity contribution in [2.24, 2.45) is 0 Å². The lowest BCUT2D eigenvalue weighted by atomic mass is 10.1. The Bertz CT molecular complexity index is 753. The standard InChI is InChI=1S/C13H5F5O3S/c1-3(19)6-12(20)5(22-13(6)21)2-4-7(14)9(16)11(18)10(17)8(4)15/h2,20H,1H3/b5-2-. The van der Waals surface area contributed by atoms with E-state index in [4.69, 9.17) is 0 Å². The molecule has 0 spiro atoms. The van der Waals surface area contributed by atoms with E-state index in [1.54, 1.807) is 0 Å². The van der Waals surface area contributed by atoms with Crippen LogP contribution >= 0.6 is 11.8 Å². The smallest absolute Gasteiger partial charge is 0.231 e. The monoisotopic (exact) mass is 336 g/mol. The summed E-state index contributed by atoms with van der Waals surface area (Å²) in [5, 5.41) is 8.78. The molecule has 0 radical (unpaired) electrons. The molecule has 1 aliphatic heterocycles. The number of carbonyl (C=O) groups excluding carboxylic acids is 2. The van der Waals surface area contributed by atoms with Crippen LogP contribution in [0.25, 0.3) is 6.08 Å². The van der Waals surface area contributed by atoms with E-state index >= 15 is 0 Å². The number of thioether (sulfide) groups is 1. The van der Waals surface area contributed by atoms with Crippen molar-refractivity contribution >= 4 is 28.7 Å². The van der Waals surface area contributed by atoms with Crippen LogP contribution in [0.5, 0.6) is 0 Å². The predicted molar refractivity (Wildman–Crippen MR) is 67.1 cm³/mol. The van der Waals surface area contributed by atoms with Gasteiger partial charge in [-0.1, -0.05) is 0 Å². The molecule has 3 nitrogen and oxygen atoms in total. The van der Waals surface area contributed by atoms with E-state index < -0.39 is 61.8 Å². The topological polar surface area (TPSA) is 54.4 Å². The molecule has 0 bridgehead atoms. The highest BCUT2D eigenvalue weighted by atomic mass is 32.2. The van der Waals surface area contributed by atoms with Crippen molar-refractivity contribution < 1.29 is 36.6 Å². The second kappa shape index (κ2) is 5.56. The van der Waals surface area contributed by atoms with E-state index in [1.807, 2.05) is 0 Å². The van der Waals surface area contributed by atoms with Crippen molar-refractivity contribution in [3.05, 3.63) is 50.9 Å². The Hall–Kier alpha value is -2.16. The molecule has 1 N–H and O–H groups in total. The average Bonchev–Trinajstić information content (AvgIpc) is 2.73. The zero-order chi connectivity index (χ0) is 16.8. The average molecular weight is 336 g/mol. The molecule has 0 saturated carbocycles. The number of halogens is 5. The van der Waals surface area contributed by atoms with Gasteiger partial charge in [-0.2, -0.15) is 0 Å². The molecule has 0 fully saturated rings. The van der Waals surface area contributed by atoms with E-state index in [1.165, 1.54) is 0 Å². The number of aliphatic hydroxyl groups excluding tert-OH is 1. The maximum atomic E-state index is 13.5. The molecule has 22 heavy (non-hydrogen) atoms. The number of aliphatic hydroxyl groups is 1. The van der Waals surface area contributed by atoms with Crippen molar-refractivity contribution in [1.29, 1.82) is 0 Å². The lowest BCUT2D eigenvalue weighted by Gasteiger charge is -2.05. The molecule has 9 heteroatoms. The summed E-state index contributed by atoms with van der Waals surface area (Å²) < 4.78 is 66.1. The number of hydrogen-bond acceptors (Lipinski definition) is 4. The highest BCUT2D eigenvalue weighted by Crippen LogP contribution is 2.38. The minimum Gasteiger partial charge on any atom is -0.506 e.